The van der Waals surface area contributed by atoms with Crippen molar-refractivity contribution in [1.82, 2.24) is 0 Å². The zero-order valence-corrected chi connectivity index (χ0v) is 12.0. The van der Waals surface area contributed by atoms with Crippen molar-refractivity contribution in [2.75, 3.05) is 12.4 Å². The van der Waals surface area contributed by atoms with Crippen molar-refractivity contribution in [3.63, 3.8) is 0 Å². The van der Waals surface area contributed by atoms with Crippen molar-refractivity contribution in [2.45, 2.75) is 12.5 Å². The summed E-state index contributed by atoms with van der Waals surface area (Å²) in [6.07, 6.45) is 1.02. The molecule has 1 N–H and O–H groups in total. The molecule has 104 valence electrons. The fraction of sp³-hybridized carbons (Fsp3) is 0.158. The maximum atomic E-state index is 5.33. The molecular weight excluding hydrogens is 258 g/mol. The predicted molar refractivity (Wildman–Crippen MR) is 87.0 cm³/mol. The molecule has 4 rings (SSSR count). The molecule has 0 aromatic heterocycles. The molecule has 1 atom stereocenters. The van der Waals surface area contributed by atoms with Gasteiger partial charge in [-0.05, 0) is 46.5 Å². The summed E-state index contributed by atoms with van der Waals surface area (Å²) < 4.78 is 5.33. The van der Waals surface area contributed by atoms with Crippen LogP contribution in [0.4, 0.5) is 5.69 Å². The Hall–Kier alpha value is -2.48. The normalized spacial score (nSPS) is 16.5. The predicted octanol–water partition coefficient (Wildman–Crippen LogP) is 4.56. The number of ether oxygens (including phenoxy) is 1. The van der Waals surface area contributed by atoms with Gasteiger partial charge in [0, 0.05) is 5.69 Å². The molecule has 1 aliphatic rings. The minimum absolute atomic E-state index is 0.320. The number of nitrogens with one attached hydrogen (secondary N) is 1. The van der Waals surface area contributed by atoms with Crippen molar-refractivity contribution in [3.8, 4) is 5.75 Å². The first kappa shape index (κ1) is 12.3. The third-order valence-corrected chi connectivity index (χ3v) is 4.27. The fourth-order valence-electron chi connectivity index (χ4n) is 3.19. The van der Waals surface area contributed by atoms with Crippen molar-refractivity contribution >= 4 is 16.5 Å². The van der Waals surface area contributed by atoms with Gasteiger partial charge in [-0.1, -0.05) is 42.5 Å². The van der Waals surface area contributed by atoms with E-state index in [1.807, 2.05) is 6.07 Å². The molecule has 0 amide bonds. The van der Waals surface area contributed by atoms with Crippen molar-refractivity contribution in [1.29, 1.82) is 0 Å². The molecule has 0 spiro atoms. The molecule has 2 heteroatoms. The average Bonchev–Trinajstić information content (AvgIpc) is 2.99. The summed E-state index contributed by atoms with van der Waals surface area (Å²) in [5.41, 5.74) is 3.94. The van der Waals surface area contributed by atoms with Crippen LogP contribution in [-0.2, 0) is 6.42 Å². The summed E-state index contributed by atoms with van der Waals surface area (Å²) >= 11 is 0. The monoisotopic (exact) mass is 275 g/mol. The Morgan fingerprint density at radius 2 is 1.90 bits per heavy atom. The number of benzene rings is 3. The Morgan fingerprint density at radius 3 is 2.81 bits per heavy atom. The molecule has 0 fully saturated rings. The molecule has 0 saturated carbocycles. The van der Waals surface area contributed by atoms with E-state index >= 15 is 0 Å². The molecule has 1 heterocycles. The van der Waals surface area contributed by atoms with E-state index in [9.17, 15) is 0 Å². The van der Waals surface area contributed by atoms with E-state index in [4.69, 9.17) is 4.74 Å². The molecule has 0 saturated heterocycles. The van der Waals surface area contributed by atoms with E-state index in [1.54, 1.807) is 7.11 Å². The molecule has 3 aromatic rings. The van der Waals surface area contributed by atoms with Crippen molar-refractivity contribution in [2.24, 2.45) is 0 Å². The molecule has 2 nitrogen and oxygen atoms in total. The third-order valence-electron chi connectivity index (χ3n) is 4.27. The molecular formula is C19H17NO. The Labute approximate surface area is 124 Å². The Bertz CT molecular complexity index is 810. The van der Waals surface area contributed by atoms with Crippen LogP contribution in [0.15, 0.2) is 60.7 Å². The van der Waals surface area contributed by atoms with Crippen molar-refractivity contribution in [3.05, 3.63) is 71.8 Å². The van der Waals surface area contributed by atoms with Gasteiger partial charge in [0.1, 0.15) is 5.75 Å². The summed E-state index contributed by atoms with van der Waals surface area (Å²) in [6.45, 7) is 0. The molecule has 1 aliphatic heterocycles. The highest BCUT2D eigenvalue weighted by atomic mass is 16.5. The molecule has 3 aromatic carbocycles. The van der Waals surface area contributed by atoms with Crippen LogP contribution in [0.5, 0.6) is 5.75 Å². The Morgan fingerprint density at radius 1 is 1.00 bits per heavy atom. The minimum Gasteiger partial charge on any atom is -0.497 e. The number of hydrogen-bond donors (Lipinski definition) is 1. The number of methoxy groups -OCH3 is 1. The van der Waals surface area contributed by atoms with Crippen LogP contribution in [0.3, 0.4) is 0 Å². The molecule has 0 aliphatic carbocycles. The number of anilines is 1. The van der Waals surface area contributed by atoms with Crippen LogP contribution >= 0.6 is 0 Å². The minimum atomic E-state index is 0.320. The van der Waals surface area contributed by atoms with E-state index in [1.165, 1.54) is 27.6 Å². The van der Waals surface area contributed by atoms with E-state index in [0.717, 1.165) is 12.2 Å². The SMILES string of the molecule is COc1cccc(C2Cc3c(ccc4ccccc34)N2)c1. The van der Waals surface area contributed by atoms with Crippen LogP contribution in [0.2, 0.25) is 0 Å². The zero-order chi connectivity index (χ0) is 14.2. The lowest BCUT2D eigenvalue weighted by atomic mass is 9.98. The van der Waals surface area contributed by atoms with E-state index in [0.29, 0.717) is 6.04 Å². The zero-order valence-electron chi connectivity index (χ0n) is 12.0. The quantitative estimate of drug-likeness (QED) is 0.740. The summed E-state index contributed by atoms with van der Waals surface area (Å²) in [5.74, 6) is 0.912. The second kappa shape index (κ2) is 4.81. The Balaban J connectivity index is 1.74. The van der Waals surface area contributed by atoms with Gasteiger partial charge in [-0.25, -0.2) is 0 Å². The third kappa shape index (κ3) is 2.04. The topological polar surface area (TPSA) is 21.3 Å². The molecule has 0 radical (unpaired) electrons. The van der Waals surface area contributed by atoms with E-state index in [-0.39, 0.29) is 0 Å². The van der Waals surface area contributed by atoms with Gasteiger partial charge in [0.05, 0.1) is 13.2 Å². The first-order chi connectivity index (χ1) is 10.3. The lowest BCUT2D eigenvalue weighted by Crippen LogP contribution is -2.05. The smallest absolute Gasteiger partial charge is 0.119 e. The van der Waals surface area contributed by atoms with Crippen LogP contribution < -0.4 is 10.1 Å². The number of rotatable bonds is 2. The second-order valence-corrected chi connectivity index (χ2v) is 5.49. The number of fused-ring (bicyclic) bond motifs is 3. The van der Waals surface area contributed by atoms with Gasteiger partial charge in [-0.2, -0.15) is 0 Å². The first-order valence-corrected chi connectivity index (χ1v) is 7.26. The van der Waals surface area contributed by atoms with Gasteiger partial charge < -0.3 is 10.1 Å². The summed E-state index contributed by atoms with van der Waals surface area (Å²) in [4.78, 5) is 0. The van der Waals surface area contributed by atoms with Crippen LogP contribution in [0, 0.1) is 0 Å². The summed E-state index contributed by atoms with van der Waals surface area (Å²) in [6, 6.07) is 21.6. The molecule has 21 heavy (non-hydrogen) atoms. The lowest BCUT2D eigenvalue weighted by molar-refractivity contribution is 0.414. The van der Waals surface area contributed by atoms with Gasteiger partial charge >= 0.3 is 0 Å². The first-order valence-electron chi connectivity index (χ1n) is 7.26. The Kier molecular flexibility index (Phi) is 2.81. The maximum Gasteiger partial charge on any atom is 0.119 e. The lowest BCUT2D eigenvalue weighted by Gasteiger charge is -2.12. The van der Waals surface area contributed by atoms with Crippen LogP contribution in [-0.4, -0.2) is 7.11 Å². The van der Waals surface area contributed by atoms with Gasteiger partial charge in [0.15, 0.2) is 0 Å². The van der Waals surface area contributed by atoms with Crippen molar-refractivity contribution < 1.29 is 4.74 Å². The summed E-state index contributed by atoms with van der Waals surface area (Å²) in [7, 11) is 1.71. The van der Waals surface area contributed by atoms with Gasteiger partial charge in [-0.3, -0.25) is 0 Å². The highest BCUT2D eigenvalue weighted by Crippen LogP contribution is 2.38. The van der Waals surface area contributed by atoms with Crippen LogP contribution in [0.1, 0.15) is 17.2 Å². The molecule has 1 unspecified atom stereocenters. The molecule has 0 bridgehead atoms. The highest BCUT2D eigenvalue weighted by molar-refractivity contribution is 5.91. The highest BCUT2D eigenvalue weighted by Gasteiger charge is 2.23. The fourth-order valence-corrected chi connectivity index (χ4v) is 3.19. The maximum absolute atomic E-state index is 5.33. The van der Waals surface area contributed by atoms with Gasteiger partial charge in [-0.15, -0.1) is 0 Å². The van der Waals surface area contributed by atoms with E-state index in [2.05, 4.69) is 59.9 Å². The average molecular weight is 275 g/mol. The summed E-state index contributed by atoms with van der Waals surface area (Å²) in [5, 5.41) is 6.30. The van der Waals surface area contributed by atoms with Gasteiger partial charge in [0.2, 0.25) is 0 Å². The number of hydrogen-bond acceptors (Lipinski definition) is 2. The van der Waals surface area contributed by atoms with Crippen LogP contribution in [0.25, 0.3) is 10.8 Å². The van der Waals surface area contributed by atoms with E-state index < -0.39 is 0 Å². The van der Waals surface area contributed by atoms with Gasteiger partial charge in [0.25, 0.3) is 0 Å². The second-order valence-electron chi connectivity index (χ2n) is 5.49. The standard InChI is InChI=1S/C19H17NO/c1-21-15-7-4-6-14(11-15)19-12-17-16-8-3-2-5-13(16)9-10-18(17)20-19/h2-11,19-20H,12H2,1H3. The largest absolute Gasteiger partial charge is 0.497 e.